The molecule has 1 fully saturated rings. The van der Waals surface area contributed by atoms with Crippen molar-refractivity contribution in [1.29, 1.82) is 0 Å². The van der Waals surface area contributed by atoms with Gasteiger partial charge in [-0.15, -0.1) is 0 Å². The molecule has 0 bridgehead atoms. The third-order valence-electron chi connectivity index (χ3n) is 4.37. The first-order valence-electron chi connectivity index (χ1n) is 8.08. The number of fused-ring (bicyclic) bond motifs is 1. The van der Waals surface area contributed by atoms with Gasteiger partial charge in [-0.05, 0) is 42.7 Å². The van der Waals surface area contributed by atoms with Gasteiger partial charge in [-0.25, -0.2) is 4.98 Å². The molecule has 0 spiro atoms. The predicted molar refractivity (Wildman–Crippen MR) is 90.4 cm³/mol. The highest BCUT2D eigenvalue weighted by Gasteiger charge is 2.21. The van der Waals surface area contributed by atoms with E-state index < -0.39 is 0 Å². The summed E-state index contributed by atoms with van der Waals surface area (Å²) in [4.78, 5) is 14.3. The van der Waals surface area contributed by atoms with E-state index >= 15 is 0 Å². The molecule has 5 nitrogen and oxygen atoms in total. The number of hydrogen-bond donors (Lipinski definition) is 1. The third kappa shape index (κ3) is 3.19. The maximum atomic E-state index is 6.02. The minimum absolute atomic E-state index is 0.320. The molecule has 0 atom stereocenters. The summed E-state index contributed by atoms with van der Waals surface area (Å²) in [6, 6.07) is 10.3. The highest BCUT2D eigenvalue weighted by atomic mass is 16.5. The van der Waals surface area contributed by atoms with Crippen LogP contribution in [0.5, 0.6) is 0 Å². The van der Waals surface area contributed by atoms with Gasteiger partial charge in [0, 0.05) is 37.1 Å². The number of H-pyrrole nitrogens is 1. The van der Waals surface area contributed by atoms with Crippen LogP contribution in [-0.2, 0) is 11.3 Å². The Bertz CT molecular complexity index is 763. The molecule has 0 aliphatic carbocycles. The zero-order valence-corrected chi connectivity index (χ0v) is 13.0. The average Bonchev–Trinajstić information content (AvgIpc) is 3.09. The van der Waals surface area contributed by atoms with Crippen molar-refractivity contribution in [3.8, 4) is 0 Å². The van der Waals surface area contributed by atoms with Crippen molar-refractivity contribution >= 4 is 16.9 Å². The van der Waals surface area contributed by atoms with Gasteiger partial charge in [0.15, 0.2) is 0 Å². The molecule has 118 valence electrons. The summed E-state index contributed by atoms with van der Waals surface area (Å²) in [5, 5.41) is 1.16. The number of piperidine rings is 1. The number of aromatic amines is 1. The number of anilines is 1. The maximum Gasteiger partial charge on any atom is 0.139 e. The number of rotatable bonds is 4. The number of ether oxygens (including phenoxy) is 1. The summed E-state index contributed by atoms with van der Waals surface area (Å²) < 4.78 is 6.02. The lowest BCUT2D eigenvalue weighted by atomic mass is 10.1. The Balaban J connectivity index is 1.33. The second-order valence-corrected chi connectivity index (χ2v) is 5.94. The largest absolute Gasteiger partial charge is 0.373 e. The van der Waals surface area contributed by atoms with Crippen molar-refractivity contribution in [2.24, 2.45) is 0 Å². The lowest BCUT2D eigenvalue weighted by Crippen LogP contribution is -2.37. The van der Waals surface area contributed by atoms with Gasteiger partial charge in [0.2, 0.25) is 0 Å². The molecule has 0 unspecified atom stereocenters. The standard InChI is InChI=1S/C18H20N4O/c1-2-14(12-19-8-1)13-23-16-6-10-22(11-7-16)17-4-3-15-5-9-20-18(15)21-17/h1-5,8-9,12,16H,6-7,10-11,13H2,(H,20,21). The van der Waals surface area contributed by atoms with Gasteiger partial charge < -0.3 is 14.6 Å². The molecule has 5 heteroatoms. The summed E-state index contributed by atoms with van der Waals surface area (Å²) in [6.45, 7) is 2.61. The van der Waals surface area contributed by atoms with E-state index in [2.05, 4.69) is 33.1 Å². The Labute approximate surface area is 135 Å². The van der Waals surface area contributed by atoms with Crippen molar-refractivity contribution in [2.75, 3.05) is 18.0 Å². The average molecular weight is 308 g/mol. The van der Waals surface area contributed by atoms with Crippen molar-refractivity contribution in [1.82, 2.24) is 15.0 Å². The molecule has 1 aliphatic rings. The molecule has 3 aromatic rings. The fourth-order valence-corrected chi connectivity index (χ4v) is 3.05. The Hall–Kier alpha value is -2.40. The van der Waals surface area contributed by atoms with Crippen LogP contribution in [0.15, 0.2) is 48.9 Å². The first-order valence-corrected chi connectivity index (χ1v) is 8.08. The van der Waals surface area contributed by atoms with Crippen molar-refractivity contribution in [2.45, 2.75) is 25.6 Å². The van der Waals surface area contributed by atoms with Crippen molar-refractivity contribution in [3.05, 3.63) is 54.5 Å². The van der Waals surface area contributed by atoms with E-state index in [-0.39, 0.29) is 0 Å². The molecule has 1 aliphatic heterocycles. The second kappa shape index (κ2) is 6.38. The molecule has 1 saturated heterocycles. The number of aromatic nitrogens is 3. The SMILES string of the molecule is c1cncc(COC2CCN(c3ccc4cc[nH]c4n3)CC2)c1. The first kappa shape index (κ1) is 14.2. The Morgan fingerprint density at radius 1 is 1.17 bits per heavy atom. The van der Waals surface area contributed by atoms with Crippen LogP contribution in [0.3, 0.4) is 0 Å². The normalized spacial score (nSPS) is 16.1. The lowest BCUT2D eigenvalue weighted by molar-refractivity contribution is 0.0249. The molecule has 4 heterocycles. The molecule has 1 N–H and O–H groups in total. The van der Waals surface area contributed by atoms with Crippen molar-refractivity contribution < 1.29 is 4.74 Å². The van der Waals surface area contributed by atoms with Crippen LogP contribution in [-0.4, -0.2) is 34.1 Å². The molecule has 0 amide bonds. The third-order valence-corrected chi connectivity index (χ3v) is 4.37. The van der Waals surface area contributed by atoms with Gasteiger partial charge in [-0.1, -0.05) is 6.07 Å². The van der Waals surface area contributed by atoms with Crippen LogP contribution in [0.2, 0.25) is 0 Å². The Kier molecular flexibility index (Phi) is 3.94. The Morgan fingerprint density at radius 2 is 2.09 bits per heavy atom. The van der Waals surface area contributed by atoms with Gasteiger partial charge in [0.1, 0.15) is 11.5 Å². The molecule has 0 radical (unpaired) electrons. The number of nitrogens with one attached hydrogen (secondary N) is 1. The predicted octanol–water partition coefficient (Wildman–Crippen LogP) is 3.14. The van der Waals surface area contributed by atoms with Gasteiger partial charge in [0.05, 0.1) is 12.7 Å². The number of hydrogen-bond acceptors (Lipinski definition) is 4. The fourth-order valence-electron chi connectivity index (χ4n) is 3.05. The van der Waals surface area contributed by atoms with Crippen LogP contribution in [0.1, 0.15) is 18.4 Å². The Morgan fingerprint density at radius 3 is 2.91 bits per heavy atom. The molecule has 0 aromatic carbocycles. The summed E-state index contributed by atoms with van der Waals surface area (Å²) in [7, 11) is 0. The van der Waals surface area contributed by atoms with Crippen LogP contribution in [0.25, 0.3) is 11.0 Å². The van der Waals surface area contributed by atoms with E-state index in [1.165, 1.54) is 0 Å². The van der Waals surface area contributed by atoms with Crippen LogP contribution in [0, 0.1) is 0 Å². The quantitative estimate of drug-likeness (QED) is 0.804. The first-order chi connectivity index (χ1) is 11.4. The topological polar surface area (TPSA) is 54.0 Å². The summed E-state index contributed by atoms with van der Waals surface area (Å²) in [5.41, 5.74) is 2.09. The van der Waals surface area contributed by atoms with Crippen molar-refractivity contribution in [3.63, 3.8) is 0 Å². The van der Waals surface area contributed by atoms with Gasteiger partial charge in [-0.3, -0.25) is 4.98 Å². The molecule has 0 saturated carbocycles. The maximum absolute atomic E-state index is 6.02. The highest BCUT2D eigenvalue weighted by Crippen LogP contribution is 2.22. The second-order valence-electron chi connectivity index (χ2n) is 5.94. The van der Waals surface area contributed by atoms with E-state index in [9.17, 15) is 0 Å². The molecule has 4 rings (SSSR count). The van der Waals surface area contributed by atoms with Crippen LogP contribution < -0.4 is 4.90 Å². The fraction of sp³-hybridized carbons (Fsp3) is 0.333. The summed E-state index contributed by atoms with van der Waals surface area (Å²) >= 11 is 0. The van der Waals surface area contributed by atoms with Gasteiger partial charge in [0.25, 0.3) is 0 Å². The smallest absolute Gasteiger partial charge is 0.139 e. The monoisotopic (exact) mass is 308 g/mol. The highest BCUT2D eigenvalue weighted by molar-refractivity contribution is 5.77. The summed E-state index contributed by atoms with van der Waals surface area (Å²) in [6.07, 6.45) is 7.97. The van der Waals surface area contributed by atoms with Gasteiger partial charge >= 0.3 is 0 Å². The zero-order chi connectivity index (χ0) is 15.5. The van der Waals surface area contributed by atoms with Gasteiger partial charge in [-0.2, -0.15) is 0 Å². The zero-order valence-electron chi connectivity index (χ0n) is 13.0. The van der Waals surface area contributed by atoms with Crippen LogP contribution >= 0.6 is 0 Å². The van der Waals surface area contributed by atoms with E-state index in [1.54, 1.807) is 6.20 Å². The number of nitrogens with zero attached hydrogens (tertiary/aromatic N) is 3. The van der Waals surface area contributed by atoms with E-state index in [0.717, 1.165) is 48.3 Å². The minimum Gasteiger partial charge on any atom is -0.373 e. The molecule has 23 heavy (non-hydrogen) atoms. The lowest BCUT2D eigenvalue weighted by Gasteiger charge is -2.32. The van der Waals surface area contributed by atoms with E-state index in [4.69, 9.17) is 9.72 Å². The minimum atomic E-state index is 0.320. The number of pyridine rings is 2. The molecular weight excluding hydrogens is 288 g/mol. The van der Waals surface area contributed by atoms with Crippen LogP contribution in [0.4, 0.5) is 5.82 Å². The molecular formula is C18H20N4O. The molecule has 3 aromatic heterocycles. The summed E-state index contributed by atoms with van der Waals surface area (Å²) in [5.74, 6) is 1.05. The van der Waals surface area contributed by atoms with E-state index in [0.29, 0.717) is 12.7 Å². The van der Waals surface area contributed by atoms with E-state index in [1.807, 2.05) is 24.5 Å².